The van der Waals surface area contributed by atoms with E-state index >= 15 is 0 Å². The molecule has 0 saturated carbocycles. The van der Waals surface area contributed by atoms with Crippen molar-refractivity contribution in [2.24, 2.45) is 0 Å². The second-order valence-corrected chi connectivity index (χ2v) is 10.1. The molecule has 2 aromatic carbocycles. The highest BCUT2D eigenvalue weighted by molar-refractivity contribution is 6.30. The molecule has 36 heavy (non-hydrogen) atoms. The standard InChI is InChI=1S/C25H30ClF3N6O/c1-15-14-33(10-11-34(15)24(36)22-4-3-9-30-22)18-6-8-21-23(13-18)35(32-31-21)16(2)19-7-5-17(26)12-20(19)25(27,28)29/h5-8,12-13,15-16,22,30-32H,3-4,9-11,14H2,1-2H3/t15-,16-,22-/m1/s1. The van der Waals surface area contributed by atoms with Crippen LogP contribution in [0.3, 0.4) is 0 Å². The van der Waals surface area contributed by atoms with Crippen LogP contribution in [-0.2, 0) is 11.0 Å². The molecule has 0 unspecified atom stereocenters. The second kappa shape index (κ2) is 9.64. The first-order chi connectivity index (χ1) is 17.1. The van der Waals surface area contributed by atoms with Gasteiger partial charge in [0.1, 0.15) is 0 Å². The van der Waals surface area contributed by atoms with Gasteiger partial charge in [0, 0.05) is 36.4 Å². The minimum absolute atomic E-state index is 0.0453. The van der Waals surface area contributed by atoms with Gasteiger partial charge in [-0.2, -0.15) is 13.2 Å². The Morgan fingerprint density at radius 2 is 1.97 bits per heavy atom. The summed E-state index contributed by atoms with van der Waals surface area (Å²) >= 11 is 5.88. The maximum Gasteiger partial charge on any atom is 0.416 e. The third kappa shape index (κ3) is 4.69. The van der Waals surface area contributed by atoms with E-state index in [0.717, 1.165) is 42.5 Å². The highest BCUT2D eigenvalue weighted by Gasteiger charge is 2.38. The number of hydrogen-bond donors (Lipinski definition) is 3. The first-order valence-electron chi connectivity index (χ1n) is 12.2. The van der Waals surface area contributed by atoms with Crippen LogP contribution in [0.1, 0.15) is 43.9 Å². The number of fused-ring (bicyclic) bond motifs is 1. The van der Waals surface area contributed by atoms with E-state index in [9.17, 15) is 18.0 Å². The molecule has 2 fully saturated rings. The van der Waals surface area contributed by atoms with E-state index in [1.54, 1.807) is 11.9 Å². The van der Waals surface area contributed by atoms with Gasteiger partial charge in [-0.05, 0) is 69.1 Å². The first kappa shape index (κ1) is 25.0. The van der Waals surface area contributed by atoms with Crippen LogP contribution in [0.15, 0.2) is 36.4 Å². The number of benzene rings is 2. The lowest BCUT2D eigenvalue weighted by Gasteiger charge is -2.42. The Kier molecular flexibility index (Phi) is 6.69. The molecule has 7 nitrogen and oxygen atoms in total. The van der Waals surface area contributed by atoms with E-state index < -0.39 is 17.8 Å². The Hall–Kier alpha value is -2.69. The molecule has 3 atom stereocenters. The van der Waals surface area contributed by atoms with Gasteiger partial charge >= 0.3 is 6.18 Å². The molecule has 3 aliphatic heterocycles. The van der Waals surface area contributed by atoms with Gasteiger partial charge in [-0.3, -0.25) is 9.80 Å². The Bertz CT molecular complexity index is 1140. The summed E-state index contributed by atoms with van der Waals surface area (Å²) in [5, 5.41) is 5.03. The molecule has 0 aromatic heterocycles. The number of carbonyl (C=O) groups excluding carboxylic acids is 1. The van der Waals surface area contributed by atoms with E-state index in [4.69, 9.17) is 11.6 Å². The molecule has 5 rings (SSSR count). The molecular formula is C25H30ClF3N6O. The number of hydrogen-bond acceptors (Lipinski definition) is 6. The highest BCUT2D eigenvalue weighted by Crippen LogP contribution is 2.42. The van der Waals surface area contributed by atoms with Crippen molar-refractivity contribution >= 4 is 34.6 Å². The van der Waals surface area contributed by atoms with Gasteiger partial charge in [-0.25, -0.2) is 0 Å². The van der Waals surface area contributed by atoms with Crippen LogP contribution in [0.25, 0.3) is 0 Å². The predicted molar refractivity (Wildman–Crippen MR) is 135 cm³/mol. The van der Waals surface area contributed by atoms with Gasteiger partial charge in [-0.1, -0.05) is 17.7 Å². The lowest BCUT2D eigenvalue weighted by molar-refractivity contribution is -0.138. The number of anilines is 3. The van der Waals surface area contributed by atoms with Crippen LogP contribution >= 0.6 is 11.6 Å². The number of rotatable bonds is 4. The predicted octanol–water partition coefficient (Wildman–Crippen LogP) is 4.56. The number of piperazine rings is 1. The van der Waals surface area contributed by atoms with Gasteiger partial charge in [0.2, 0.25) is 5.91 Å². The van der Waals surface area contributed by atoms with E-state index in [2.05, 4.69) is 28.1 Å². The van der Waals surface area contributed by atoms with Crippen molar-refractivity contribution < 1.29 is 18.0 Å². The van der Waals surface area contributed by atoms with Crippen molar-refractivity contribution in [3.05, 3.63) is 52.5 Å². The monoisotopic (exact) mass is 522 g/mol. The van der Waals surface area contributed by atoms with E-state index in [1.165, 1.54) is 12.1 Å². The largest absolute Gasteiger partial charge is 0.416 e. The van der Waals surface area contributed by atoms with Crippen molar-refractivity contribution in [3.8, 4) is 0 Å². The molecule has 0 radical (unpaired) electrons. The Balaban J connectivity index is 1.35. The van der Waals surface area contributed by atoms with Crippen molar-refractivity contribution in [1.82, 2.24) is 15.8 Å². The average molecular weight is 523 g/mol. The van der Waals surface area contributed by atoms with Gasteiger partial charge in [-0.15, -0.1) is 5.53 Å². The average Bonchev–Trinajstić information content (AvgIpc) is 3.52. The molecule has 3 heterocycles. The first-order valence-corrected chi connectivity index (χ1v) is 12.6. The van der Waals surface area contributed by atoms with Gasteiger partial charge in [0.25, 0.3) is 0 Å². The van der Waals surface area contributed by atoms with Gasteiger partial charge in [0.05, 0.1) is 29.0 Å². The third-order valence-electron chi connectivity index (χ3n) is 7.34. The summed E-state index contributed by atoms with van der Waals surface area (Å²) in [5.41, 5.74) is 7.93. The zero-order valence-electron chi connectivity index (χ0n) is 20.2. The second-order valence-electron chi connectivity index (χ2n) is 9.69. The van der Waals surface area contributed by atoms with Gasteiger partial charge in [0.15, 0.2) is 0 Å². The minimum atomic E-state index is -4.52. The molecule has 1 amide bonds. The zero-order valence-corrected chi connectivity index (χ0v) is 21.0. The maximum absolute atomic E-state index is 13.8. The number of hydrazine groups is 2. The van der Waals surface area contributed by atoms with Crippen LogP contribution < -0.4 is 26.2 Å². The minimum Gasteiger partial charge on any atom is -0.368 e. The number of alkyl halides is 3. The number of nitrogens with one attached hydrogen (secondary N) is 3. The van der Waals surface area contributed by atoms with Crippen LogP contribution in [-0.4, -0.2) is 49.1 Å². The molecule has 0 aliphatic carbocycles. The summed E-state index contributed by atoms with van der Waals surface area (Å²) in [6.45, 7) is 6.67. The lowest BCUT2D eigenvalue weighted by atomic mass is 10.00. The Morgan fingerprint density at radius 3 is 2.67 bits per heavy atom. The van der Waals surface area contributed by atoms with Crippen molar-refractivity contribution in [2.45, 2.75) is 51.0 Å². The van der Waals surface area contributed by atoms with Crippen LogP contribution in [0.2, 0.25) is 5.02 Å². The summed E-state index contributed by atoms with van der Waals surface area (Å²) in [6, 6.07) is 9.10. The molecule has 2 aromatic rings. The fourth-order valence-electron chi connectivity index (χ4n) is 5.40. The Morgan fingerprint density at radius 1 is 1.17 bits per heavy atom. The summed E-state index contributed by atoms with van der Waals surface area (Å²) in [7, 11) is 0. The molecule has 0 spiro atoms. The number of carbonyl (C=O) groups is 1. The maximum atomic E-state index is 13.8. The molecule has 2 saturated heterocycles. The number of nitrogens with zero attached hydrogens (tertiary/aromatic N) is 3. The summed E-state index contributed by atoms with van der Waals surface area (Å²) in [5.74, 6) is 0.172. The molecule has 194 valence electrons. The Labute approximate surface area is 213 Å². The molecule has 0 bridgehead atoms. The smallest absolute Gasteiger partial charge is 0.368 e. The molecule has 3 aliphatic rings. The highest BCUT2D eigenvalue weighted by atomic mass is 35.5. The topological polar surface area (TPSA) is 62.9 Å². The fourth-order valence-corrected chi connectivity index (χ4v) is 5.57. The summed E-state index contributed by atoms with van der Waals surface area (Å²) in [4.78, 5) is 17.1. The van der Waals surface area contributed by atoms with Crippen molar-refractivity contribution in [3.63, 3.8) is 0 Å². The number of halogens is 4. The van der Waals surface area contributed by atoms with Crippen LogP contribution in [0.4, 0.5) is 30.2 Å². The van der Waals surface area contributed by atoms with Gasteiger partial charge < -0.3 is 20.5 Å². The fraction of sp³-hybridized carbons (Fsp3) is 0.480. The van der Waals surface area contributed by atoms with Crippen LogP contribution in [0, 0.1) is 0 Å². The molecule has 11 heteroatoms. The molecule has 3 N–H and O–H groups in total. The van der Waals surface area contributed by atoms with Crippen molar-refractivity contribution in [2.75, 3.05) is 41.5 Å². The van der Waals surface area contributed by atoms with E-state index in [1.807, 2.05) is 23.1 Å². The van der Waals surface area contributed by atoms with Crippen LogP contribution in [0.5, 0.6) is 0 Å². The van der Waals surface area contributed by atoms with E-state index in [0.29, 0.717) is 19.6 Å². The summed E-state index contributed by atoms with van der Waals surface area (Å²) < 4.78 is 41.3. The SMILES string of the molecule is C[C@@H]1CN(c2ccc3c(c2)N([C@H](C)c2ccc(Cl)cc2C(F)(F)F)NN3)CCN1C(=O)[C@H]1CCCN1. The van der Waals surface area contributed by atoms with Crippen molar-refractivity contribution in [1.29, 1.82) is 0 Å². The van der Waals surface area contributed by atoms with E-state index in [-0.39, 0.29) is 28.6 Å². The molecular weight excluding hydrogens is 493 g/mol. The lowest BCUT2D eigenvalue weighted by Crippen LogP contribution is -2.57. The third-order valence-corrected chi connectivity index (χ3v) is 7.58. The summed E-state index contributed by atoms with van der Waals surface area (Å²) in [6.07, 6.45) is -2.61. The normalized spacial score (nSPS) is 23.0. The quantitative estimate of drug-likeness (QED) is 0.547. The number of amides is 1. The zero-order chi connectivity index (χ0) is 25.6.